The topological polar surface area (TPSA) is 39.2 Å². The molecule has 0 aliphatic heterocycles. The Labute approximate surface area is 102 Å². The summed E-state index contributed by atoms with van der Waals surface area (Å²) in [4.78, 5) is 14.5. The van der Waals surface area contributed by atoms with E-state index in [0.29, 0.717) is 0 Å². The Kier molecular flexibility index (Phi) is 4.11. The number of ether oxygens (including phenoxy) is 1. The molecule has 0 fully saturated rings. The highest BCUT2D eigenvalue weighted by Crippen LogP contribution is 2.28. The molecule has 1 rings (SSSR count). The van der Waals surface area contributed by atoms with Crippen LogP contribution >= 0.6 is 0 Å². The maximum Gasteiger partial charge on any atom is 0.250 e. The molecule has 0 N–H and O–H groups in total. The number of hydrogen-bond donors (Lipinski definition) is 0. The van der Waals surface area contributed by atoms with Gasteiger partial charge in [-0.1, -0.05) is 0 Å². The lowest BCUT2D eigenvalue weighted by molar-refractivity contribution is -0.112. The molecule has 0 aliphatic rings. The van der Waals surface area contributed by atoms with E-state index in [-0.39, 0.29) is 17.0 Å². The average Bonchev–Trinajstić information content (AvgIpc) is 2.30. The molecular weight excluding hydrogens is 247 g/mol. The third-order valence-corrected chi connectivity index (χ3v) is 2.46. The molecule has 1 aromatic heterocycles. The van der Waals surface area contributed by atoms with E-state index in [1.165, 1.54) is 21.0 Å². The zero-order valence-electron chi connectivity index (χ0n) is 10.4. The molecule has 0 aliphatic carbocycles. The Balaban J connectivity index is 3.73. The Morgan fingerprint density at radius 2 is 1.72 bits per heavy atom. The van der Waals surface area contributed by atoms with Gasteiger partial charge in [0.2, 0.25) is 5.95 Å². The predicted molar refractivity (Wildman–Crippen MR) is 59.1 cm³/mol. The lowest BCUT2D eigenvalue weighted by Crippen LogP contribution is -2.10. The summed E-state index contributed by atoms with van der Waals surface area (Å²) in [6, 6.07) is 0. The van der Waals surface area contributed by atoms with Gasteiger partial charge in [0.15, 0.2) is 17.4 Å². The van der Waals surface area contributed by atoms with Gasteiger partial charge < -0.3 is 4.74 Å². The minimum atomic E-state index is -1.50. The van der Waals surface area contributed by atoms with E-state index < -0.39 is 28.9 Å². The first-order valence-electron chi connectivity index (χ1n) is 5.08. The molecule has 0 bridgehead atoms. The van der Waals surface area contributed by atoms with Gasteiger partial charge in [0.05, 0.1) is 23.9 Å². The molecule has 1 heterocycles. The summed E-state index contributed by atoms with van der Waals surface area (Å²) in [5.74, 6) is -4.65. The van der Waals surface area contributed by atoms with Crippen molar-refractivity contribution >= 4 is 11.4 Å². The molecule has 6 heteroatoms. The van der Waals surface area contributed by atoms with Crippen LogP contribution in [0.15, 0.2) is 5.76 Å². The number of rotatable bonds is 3. The van der Waals surface area contributed by atoms with Gasteiger partial charge in [0, 0.05) is 0 Å². The number of allylic oxidation sites excluding steroid dienone is 2. The number of hydrogen-bond acceptors (Lipinski definition) is 3. The monoisotopic (exact) mass is 259 g/mol. The number of aromatic nitrogens is 1. The molecule has 0 spiro atoms. The third kappa shape index (κ3) is 2.37. The van der Waals surface area contributed by atoms with Gasteiger partial charge >= 0.3 is 0 Å². The lowest BCUT2D eigenvalue weighted by atomic mass is 10.00. The number of nitrogens with zero attached hydrogens (tertiary/aromatic N) is 1. The summed E-state index contributed by atoms with van der Waals surface area (Å²) in [7, 11) is 1.25. The highest BCUT2D eigenvalue weighted by molar-refractivity contribution is 6.20. The Morgan fingerprint density at radius 1 is 1.17 bits per heavy atom. The second-order valence-electron chi connectivity index (χ2n) is 3.68. The quantitative estimate of drug-likeness (QED) is 0.476. The van der Waals surface area contributed by atoms with Crippen molar-refractivity contribution in [2.24, 2.45) is 0 Å². The number of ketones is 1. The Bertz CT molecular complexity index is 512. The smallest absolute Gasteiger partial charge is 0.250 e. The average molecular weight is 259 g/mol. The molecule has 0 atom stereocenters. The predicted octanol–water partition coefficient (Wildman–Crippen LogP) is 2.77. The van der Waals surface area contributed by atoms with Crippen LogP contribution in [-0.4, -0.2) is 17.9 Å². The molecule has 0 amide bonds. The fourth-order valence-electron chi connectivity index (χ4n) is 1.55. The van der Waals surface area contributed by atoms with Crippen molar-refractivity contribution in [1.82, 2.24) is 4.98 Å². The van der Waals surface area contributed by atoms with Crippen LogP contribution in [0, 0.1) is 24.5 Å². The van der Waals surface area contributed by atoms with E-state index in [4.69, 9.17) is 4.74 Å². The second kappa shape index (κ2) is 5.20. The number of carbonyl (C=O) groups excluding carboxylic acids is 1. The van der Waals surface area contributed by atoms with Crippen LogP contribution in [0.25, 0.3) is 5.57 Å². The molecule has 18 heavy (non-hydrogen) atoms. The van der Waals surface area contributed by atoms with Gasteiger partial charge in [-0.3, -0.25) is 4.79 Å². The summed E-state index contributed by atoms with van der Waals surface area (Å²) in [6.45, 7) is 3.66. The molecule has 0 radical (unpaired) electrons. The fourth-order valence-corrected chi connectivity index (χ4v) is 1.55. The van der Waals surface area contributed by atoms with Gasteiger partial charge in [-0.15, -0.1) is 0 Å². The zero-order valence-corrected chi connectivity index (χ0v) is 10.4. The number of halogens is 3. The van der Waals surface area contributed by atoms with Crippen molar-refractivity contribution in [3.8, 4) is 0 Å². The van der Waals surface area contributed by atoms with Crippen molar-refractivity contribution in [2.75, 3.05) is 7.11 Å². The van der Waals surface area contributed by atoms with Crippen molar-refractivity contribution in [2.45, 2.75) is 20.8 Å². The molecular formula is C12H12F3NO2. The molecule has 0 saturated carbocycles. The highest BCUT2D eigenvalue weighted by Gasteiger charge is 2.25. The van der Waals surface area contributed by atoms with E-state index in [9.17, 15) is 18.0 Å². The maximum atomic E-state index is 13.8. The van der Waals surface area contributed by atoms with E-state index in [2.05, 4.69) is 4.98 Å². The fraction of sp³-hybridized carbons (Fsp3) is 0.333. The van der Waals surface area contributed by atoms with Crippen molar-refractivity contribution in [1.29, 1.82) is 0 Å². The van der Waals surface area contributed by atoms with Gasteiger partial charge in [-0.05, 0) is 20.8 Å². The summed E-state index contributed by atoms with van der Waals surface area (Å²) >= 11 is 0. The normalized spacial score (nSPS) is 12.2. The Morgan fingerprint density at radius 3 is 2.17 bits per heavy atom. The Hall–Kier alpha value is -1.85. The van der Waals surface area contributed by atoms with Crippen LogP contribution in [0.2, 0.25) is 0 Å². The van der Waals surface area contributed by atoms with Crippen LogP contribution < -0.4 is 0 Å². The number of pyridine rings is 1. The van der Waals surface area contributed by atoms with Crippen LogP contribution in [0.5, 0.6) is 0 Å². The SMILES string of the molecule is CO/C(C)=C(\C(C)=O)c1c(F)c(C)nc(F)c1F. The van der Waals surface area contributed by atoms with E-state index in [1.54, 1.807) is 0 Å². The number of carbonyl (C=O) groups is 1. The molecule has 0 aromatic carbocycles. The maximum absolute atomic E-state index is 13.8. The lowest BCUT2D eigenvalue weighted by Gasteiger charge is -2.12. The van der Waals surface area contributed by atoms with Gasteiger partial charge in [-0.2, -0.15) is 4.39 Å². The number of methoxy groups -OCH3 is 1. The van der Waals surface area contributed by atoms with Gasteiger partial charge in [0.25, 0.3) is 0 Å². The first-order chi connectivity index (χ1) is 8.31. The summed E-state index contributed by atoms with van der Waals surface area (Å²) < 4.78 is 45.5. The first-order valence-corrected chi connectivity index (χ1v) is 5.08. The summed E-state index contributed by atoms with van der Waals surface area (Å²) in [5.41, 5.74) is -1.41. The number of Topliss-reactive ketones (excluding diaryl/α,β-unsaturated/α-hetero) is 1. The minimum absolute atomic E-state index is 0.00491. The van der Waals surface area contributed by atoms with Crippen molar-refractivity contribution < 1.29 is 22.7 Å². The summed E-state index contributed by atoms with van der Waals surface area (Å²) in [6.07, 6.45) is 0. The van der Waals surface area contributed by atoms with Gasteiger partial charge in [-0.25, -0.2) is 13.8 Å². The molecule has 1 aromatic rings. The van der Waals surface area contributed by atoms with Gasteiger partial charge in [0.1, 0.15) is 5.76 Å². The second-order valence-corrected chi connectivity index (χ2v) is 3.68. The number of aryl methyl sites for hydroxylation is 1. The van der Waals surface area contributed by atoms with Crippen LogP contribution in [0.3, 0.4) is 0 Å². The van der Waals surface area contributed by atoms with Crippen LogP contribution in [0.1, 0.15) is 25.1 Å². The highest BCUT2D eigenvalue weighted by atomic mass is 19.2. The standard InChI is InChI=1S/C12H12F3NO2/c1-5-10(13)9(11(14)12(15)16-5)8(6(2)17)7(3)18-4/h1-4H3/b8-7+. The van der Waals surface area contributed by atoms with Crippen LogP contribution in [0.4, 0.5) is 13.2 Å². The summed E-state index contributed by atoms with van der Waals surface area (Å²) in [5, 5.41) is 0. The van der Waals surface area contributed by atoms with Crippen molar-refractivity contribution in [3.63, 3.8) is 0 Å². The largest absolute Gasteiger partial charge is 0.501 e. The van der Waals surface area contributed by atoms with E-state index >= 15 is 0 Å². The first kappa shape index (κ1) is 14.2. The van der Waals surface area contributed by atoms with Crippen LogP contribution in [-0.2, 0) is 9.53 Å². The van der Waals surface area contributed by atoms with E-state index in [0.717, 1.165) is 6.92 Å². The van der Waals surface area contributed by atoms with E-state index in [1.807, 2.05) is 0 Å². The minimum Gasteiger partial charge on any atom is -0.501 e. The molecule has 0 unspecified atom stereocenters. The molecule has 3 nitrogen and oxygen atoms in total. The van der Waals surface area contributed by atoms with Crippen molar-refractivity contribution in [3.05, 3.63) is 34.6 Å². The molecule has 0 saturated heterocycles. The third-order valence-electron chi connectivity index (χ3n) is 2.46. The zero-order chi connectivity index (χ0) is 14.0. The molecule has 98 valence electrons.